The van der Waals surface area contributed by atoms with E-state index in [0.717, 1.165) is 57.8 Å². The van der Waals surface area contributed by atoms with Crippen molar-refractivity contribution in [1.29, 1.82) is 0 Å². The van der Waals surface area contributed by atoms with E-state index >= 15 is 0 Å². The number of aryl methyl sites for hydroxylation is 1. The highest BCUT2D eigenvalue weighted by molar-refractivity contribution is 5.74. The average Bonchev–Trinajstić information content (AvgIpc) is 2.73. The molecule has 2 heterocycles. The molecule has 0 aliphatic carbocycles. The molecular weight excluding hydrogens is 338 g/mol. The molecular formula is C22H35N3O2. The third-order valence-electron chi connectivity index (χ3n) is 6.22. The summed E-state index contributed by atoms with van der Waals surface area (Å²) in [5.74, 6) is 0.730. The van der Waals surface area contributed by atoms with Gasteiger partial charge in [-0.1, -0.05) is 36.8 Å². The summed E-state index contributed by atoms with van der Waals surface area (Å²) in [5.41, 5.74) is 1.41. The van der Waals surface area contributed by atoms with Crippen LogP contribution in [0.25, 0.3) is 0 Å². The topological polar surface area (TPSA) is 55.8 Å². The number of nitrogens with zero attached hydrogens (tertiary/aromatic N) is 2. The molecule has 27 heavy (non-hydrogen) atoms. The molecule has 2 saturated heterocycles. The Bertz CT molecular complexity index is 558. The highest BCUT2D eigenvalue weighted by Crippen LogP contribution is 2.22. The summed E-state index contributed by atoms with van der Waals surface area (Å²) in [5, 5.41) is 12.6. The van der Waals surface area contributed by atoms with Crippen molar-refractivity contribution < 1.29 is 9.90 Å². The molecule has 5 heteroatoms. The Labute approximate surface area is 163 Å². The minimum Gasteiger partial charge on any atom is -0.395 e. The lowest BCUT2D eigenvalue weighted by atomic mass is 9.91. The number of amides is 2. The van der Waals surface area contributed by atoms with Crippen molar-refractivity contribution in [3.8, 4) is 0 Å². The number of benzene rings is 1. The second-order valence-corrected chi connectivity index (χ2v) is 8.05. The number of hydrogen-bond donors (Lipinski definition) is 2. The first-order valence-corrected chi connectivity index (χ1v) is 10.7. The van der Waals surface area contributed by atoms with Crippen LogP contribution in [0.15, 0.2) is 30.3 Å². The van der Waals surface area contributed by atoms with Crippen LogP contribution in [0.3, 0.4) is 0 Å². The van der Waals surface area contributed by atoms with Crippen LogP contribution in [0, 0.1) is 5.92 Å². The van der Waals surface area contributed by atoms with Crippen LogP contribution in [0.4, 0.5) is 4.79 Å². The lowest BCUT2D eigenvalue weighted by Crippen LogP contribution is -2.49. The molecule has 1 atom stereocenters. The van der Waals surface area contributed by atoms with Crippen LogP contribution in [0.1, 0.15) is 44.1 Å². The van der Waals surface area contributed by atoms with E-state index in [4.69, 9.17) is 0 Å². The van der Waals surface area contributed by atoms with Crippen LogP contribution >= 0.6 is 0 Å². The van der Waals surface area contributed by atoms with Crippen molar-refractivity contribution in [1.82, 2.24) is 15.1 Å². The first-order valence-electron chi connectivity index (χ1n) is 10.7. The fourth-order valence-corrected chi connectivity index (χ4v) is 4.42. The van der Waals surface area contributed by atoms with Gasteiger partial charge in [0.15, 0.2) is 0 Å². The minimum atomic E-state index is 0.0778. The standard InChI is InChI=1S/C22H35N3O2/c26-18-21-8-4-5-14-24(21)17-13-23-22(27)25-15-11-20(12-16-25)10-9-19-6-2-1-3-7-19/h1-3,6-7,20-21,26H,4-5,8-18H2,(H,23,27)/t21-/m1/s1. The predicted octanol–water partition coefficient (Wildman–Crippen LogP) is 2.89. The van der Waals surface area contributed by atoms with Gasteiger partial charge in [-0.15, -0.1) is 0 Å². The zero-order valence-electron chi connectivity index (χ0n) is 16.5. The number of aliphatic hydroxyl groups is 1. The largest absolute Gasteiger partial charge is 0.395 e. The summed E-state index contributed by atoms with van der Waals surface area (Å²) < 4.78 is 0. The Balaban J connectivity index is 1.31. The van der Waals surface area contributed by atoms with E-state index in [1.54, 1.807) is 0 Å². The maximum Gasteiger partial charge on any atom is 0.317 e. The second kappa shape index (κ2) is 10.7. The molecule has 2 N–H and O–H groups in total. The maximum atomic E-state index is 12.4. The summed E-state index contributed by atoms with van der Waals surface area (Å²) in [6.45, 7) is 4.51. The Morgan fingerprint density at radius 2 is 1.85 bits per heavy atom. The molecule has 1 aromatic carbocycles. The lowest BCUT2D eigenvalue weighted by molar-refractivity contribution is 0.0907. The molecule has 150 valence electrons. The van der Waals surface area contributed by atoms with Gasteiger partial charge in [-0.25, -0.2) is 4.79 Å². The van der Waals surface area contributed by atoms with Crippen molar-refractivity contribution in [2.75, 3.05) is 39.3 Å². The molecule has 0 bridgehead atoms. The highest BCUT2D eigenvalue weighted by atomic mass is 16.3. The first kappa shape index (κ1) is 20.2. The zero-order valence-corrected chi connectivity index (χ0v) is 16.5. The quantitative estimate of drug-likeness (QED) is 0.773. The van der Waals surface area contributed by atoms with Crippen molar-refractivity contribution in [3.05, 3.63) is 35.9 Å². The third kappa shape index (κ3) is 6.22. The molecule has 2 aliphatic heterocycles. The Kier molecular flexibility index (Phi) is 7.96. The second-order valence-electron chi connectivity index (χ2n) is 8.05. The summed E-state index contributed by atoms with van der Waals surface area (Å²) in [4.78, 5) is 16.7. The van der Waals surface area contributed by atoms with Crippen LogP contribution in [-0.4, -0.2) is 66.3 Å². The number of aliphatic hydroxyl groups excluding tert-OH is 1. The fraction of sp³-hybridized carbons (Fsp3) is 0.682. The van der Waals surface area contributed by atoms with Gasteiger partial charge < -0.3 is 15.3 Å². The van der Waals surface area contributed by atoms with Crippen LogP contribution in [0.2, 0.25) is 0 Å². The Morgan fingerprint density at radius 1 is 1.07 bits per heavy atom. The van der Waals surface area contributed by atoms with Crippen molar-refractivity contribution in [2.24, 2.45) is 5.92 Å². The molecule has 0 unspecified atom stereocenters. The van der Waals surface area contributed by atoms with Crippen LogP contribution < -0.4 is 5.32 Å². The third-order valence-corrected chi connectivity index (χ3v) is 6.22. The van der Waals surface area contributed by atoms with Crippen molar-refractivity contribution in [3.63, 3.8) is 0 Å². The summed E-state index contributed by atoms with van der Waals surface area (Å²) in [6.07, 6.45) is 8.05. The van der Waals surface area contributed by atoms with E-state index in [9.17, 15) is 9.90 Å². The van der Waals surface area contributed by atoms with E-state index in [1.807, 2.05) is 4.90 Å². The lowest BCUT2D eigenvalue weighted by Gasteiger charge is -2.35. The molecule has 0 spiro atoms. The number of likely N-dealkylation sites (tertiary alicyclic amines) is 2. The number of nitrogens with one attached hydrogen (secondary N) is 1. The summed E-state index contributed by atoms with van der Waals surface area (Å²) in [6, 6.07) is 11.0. The van der Waals surface area contributed by atoms with E-state index in [0.29, 0.717) is 6.54 Å². The van der Waals surface area contributed by atoms with E-state index < -0.39 is 0 Å². The monoisotopic (exact) mass is 373 g/mol. The highest BCUT2D eigenvalue weighted by Gasteiger charge is 2.24. The minimum absolute atomic E-state index is 0.0778. The number of piperidine rings is 2. The van der Waals surface area contributed by atoms with Gasteiger partial charge in [0.25, 0.3) is 0 Å². The van der Waals surface area contributed by atoms with Gasteiger partial charge in [0.2, 0.25) is 0 Å². The van der Waals surface area contributed by atoms with Crippen LogP contribution in [0.5, 0.6) is 0 Å². The Morgan fingerprint density at radius 3 is 2.59 bits per heavy atom. The molecule has 2 amide bonds. The molecule has 0 saturated carbocycles. The van der Waals surface area contributed by atoms with Gasteiger partial charge in [-0.3, -0.25) is 4.90 Å². The zero-order chi connectivity index (χ0) is 18.9. The number of carbonyl (C=O) groups is 1. The van der Waals surface area contributed by atoms with Crippen LogP contribution in [-0.2, 0) is 6.42 Å². The van der Waals surface area contributed by atoms with E-state index in [-0.39, 0.29) is 18.7 Å². The first-order chi connectivity index (χ1) is 13.3. The van der Waals surface area contributed by atoms with Gasteiger partial charge >= 0.3 is 6.03 Å². The molecule has 1 aromatic rings. The maximum absolute atomic E-state index is 12.4. The van der Waals surface area contributed by atoms with Gasteiger partial charge in [-0.2, -0.15) is 0 Å². The molecule has 5 nitrogen and oxygen atoms in total. The van der Waals surface area contributed by atoms with Gasteiger partial charge in [-0.05, 0) is 56.6 Å². The van der Waals surface area contributed by atoms with E-state index in [1.165, 1.54) is 24.8 Å². The molecule has 2 fully saturated rings. The van der Waals surface area contributed by atoms with Gasteiger partial charge in [0, 0.05) is 32.2 Å². The summed E-state index contributed by atoms with van der Waals surface area (Å²) in [7, 11) is 0. The van der Waals surface area contributed by atoms with Crippen molar-refractivity contribution >= 4 is 6.03 Å². The Hall–Kier alpha value is -1.59. The fourth-order valence-electron chi connectivity index (χ4n) is 4.42. The summed E-state index contributed by atoms with van der Waals surface area (Å²) >= 11 is 0. The number of rotatable bonds is 7. The predicted molar refractivity (Wildman–Crippen MR) is 109 cm³/mol. The van der Waals surface area contributed by atoms with E-state index in [2.05, 4.69) is 40.5 Å². The smallest absolute Gasteiger partial charge is 0.317 e. The average molecular weight is 374 g/mol. The van der Waals surface area contributed by atoms with Gasteiger partial charge in [0.1, 0.15) is 0 Å². The van der Waals surface area contributed by atoms with Crippen molar-refractivity contribution in [2.45, 2.75) is 51.0 Å². The molecule has 0 aromatic heterocycles. The SMILES string of the molecule is O=C(NCCN1CCCC[C@@H]1CO)N1CCC(CCc2ccccc2)CC1. The molecule has 2 aliphatic rings. The molecule has 0 radical (unpaired) electrons. The number of carbonyl (C=O) groups excluding carboxylic acids is 1. The normalized spacial score (nSPS) is 22.0. The number of hydrogen-bond acceptors (Lipinski definition) is 3. The number of urea groups is 1. The molecule has 3 rings (SSSR count). The van der Waals surface area contributed by atoms with Gasteiger partial charge in [0.05, 0.1) is 6.61 Å².